The molecule has 15 heavy (non-hydrogen) atoms. The van der Waals surface area contributed by atoms with Gasteiger partial charge in [0.1, 0.15) is 5.76 Å². The van der Waals surface area contributed by atoms with Crippen molar-refractivity contribution in [3.63, 3.8) is 0 Å². The van der Waals surface area contributed by atoms with Gasteiger partial charge in [-0.1, -0.05) is 36.4 Å². The molecule has 0 fully saturated rings. The summed E-state index contributed by atoms with van der Waals surface area (Å²) in [4.78, 5) is 11.7. The third-order valence-corrected chi connectivity index (χ3v) is 1.99. The van der Waals surface area contributed by atoms with Crippen molar-refractivity contribution in [2.24, 2.45) is 0 Å². The molecular formula is C13H10O2. The van der Waals surface area contributed by atoms with Crippen LogP contribution < -0.4 is 0 Å². The maximum Gasteiger partial charge on any atom is 0.189 e. The average molecular weight is 198 g/mol. The van der Waals surface area contributed by atoms with Crippen LogP contribution in [0.4, 0.5) is 0 Å². The highest BCUT2D eigenvalue weighted by Crippen LogP contribution is 2.09. The highest BCUT2D eigenvalue weighted by molar-refractivity contribution is 6.04. The van der Waals surface area contributed by atoms with E-state index < -0.39 is 0 Å². The average Bonchev–Trinajstić information content (AvgIpc) is 2.31. The van der Waals surface area contributed by atoms with Gasteiger partial charge in [0.2, 0.25) is 0 Å². The van der Waals surface area contributed by atoms with Gasteiger partial charge in [-0.15, -0.1) is 0 Å². The van der Waals surface area contributed by atoms with Gasteiger partial charge in [-0.25, -0.2) is 0 Å². The second-order valence-corrected chi connectivity index (χ2v) is 3.08. The number of hydrogen-bond donors (Lipinski definition) is 0. The molecule has 0 N–H and O–H groups in total. The molecule has 1 aromatic rings. The van der Waals surface area contributed by atoms with Crippen LogP contribution >= 0.6 is 0 Å². The zero-order valence-electron chi connectivity index (χ0n) is 8.09. The predicted octanol–water partition coefficient (Wildman–Crippen LogP) is 2.85. The summed E-state index contributed by atoms with van der Waals surface area (Å²) in [5, 5.41) is 0. The summed E-state index contributed by atoms with van der Waals surface area (Å²) in [5.41, 5.74) is 0.663. The van der Waals surface area contributed by atoms with Gasteiger partial charge in [-0.2, -0.15) is 0 Å². The smallest absolute Gasteiger partial charge is 0.189 e. The largest absolute Gasteiger partial charge is 0.465 e. The minimum Gasteiger partial charge on any atom is -0.465 e. The van der Waals surface area contributed by atoms with Crippen LogP contribution in [0.25, 0.3) is 0 Å². The molecule has 2 nitrogen and oxygen atoms in total. The van der Waals surface area contributed by atoms with Gasteiger partial charge < -0.3 is 4.74 Å². The second kappa shape index (κ2) is 4.42. The molecule has 0 aromatic heterocycles. The first kappa shape index (κ1) is 9.46. The lowest BCUT2D eigenvalue weighted by Gasteiger charge is -2.03. The lowest BCUT2D eigenvalue weighted by Crippen LogP contribution is -1.97. The number of carbonyl (C=O) groups is 1. The molecule has 1 aliphatic rings. The highest BCUT2D eigenvalue weighted by atomic mass is 16.5. The van der Waals surface area contributed by atoms with Gasteiger partial charge in [-0.05, 0) is 12.2 Å². The molecule has 0 unspecified atom stereocenters. The Balaban J connectivity index is 2.17. The molecule has 2 rings (SSSR count). The summed E-state index contributed by atoms with van der Waals surface area (Å²) in [6.07, 6.45) is 8.37. The van der Waals surface area contributed by atoms with E-state index in [2.05, 4.69) is 0 Å². The molecule has 1 aliphatic heterocycles. The van der Waals surface area contributed by atoms with Gasteiger partial charge in [0.25, 0.3) is 0 Å². The summed E-state index contributed by atoms with van der Waals surface area (Å²) in [6, 6.07) is 9.11. The number of ketones is 1. The molecule has 1 aromatic carbocycles. The van der Waals surface area contributed by atoms with Crippen molar-refractivity contribution in [2.45, 2.75) is 0 Å². The van der Waals surface area contributed by atoms with Crippen LogP contribution in [-0.2, 0) is 4.74 Å². The molecule has 0 spiro atoms. The van der Waals surface area contributed by atoms with E-state index >= 15 is 0 Å². The van der Waals surface area contributed by atoms with Crippen molar-refractivity contribution in [3.05, 3.63) is 72.2 Å². The molecular weight excluding hydrogens is 188 g/mol. The van der Waals surface area contributed by atoms with E-state index in [9.17, 15) is 4.79 Å². The minimum atomic E-state index is -0.0504. The summed E-state index contributed by atoms with van der Waals surface area (Å²) in [6.45, 7) is 0. The standard InChI is InChI=1S/C13H10O2/c14-13(11-6-2-1-3-7-11)10-12-8-4-5-9-15-12/h1-10H. The fraction of sp³-hybridized carbons (Fsp3) is 0. The van der Waals surface area contributed by atoms with Crippen LogP contribution in [-0.4, -0.2) is 5.78 Å². The van der Waals surface area contributed by atoms with E-state index in [1.54, 1.807) is 30.5 Å². The minimum absolute atomic E-state index is 0.0504. The molecule has 0 bridgehead atoms. The Morgan fingerprint density at radius 3 is 2.60 bits per heavy atom. The van der Waals surface area contributed by atoms with E-state index in [4.69, 9.17) is 4.74 Å². The maximum atomic E-state index is 11.7. The molecule has 0 atom stereocenters. The third-order valence-electron chi connectivity index (χ3n) is 1.99. The Hall–Kier alpha value is -2.09. The molecule has 0 aliphatic carbocycles. The summed E-state index contributed by atoms with van der Waals surface area (Å²) in [7, 11) is 0. The third kappa shape index (κ3) is 2.44. The molecule has 0 saturated carbocycles. The Labute approximate surface area is 88.2 Å². The number of allylic oxidation sites excluding steroid dienone is 4. The van der Waals surface area contributed by atoms with E-state index in [0.717, 1.165) is 0 Å². The van der Waals surface area contributed by atoms with E-state index in [0.29, 0.717) is 11.3 Å². The Kier molecular flexibility index (Phi) is 2.79. The van der Waals surface area contributed by atoms with Crippen LogP contribution in [0.1, 0.15) is 10.4 Å². The van der Waals surface area contributed by atoms with Crippen molar-refractivity contribution in [2.75, 3.05) is 0 Å². The van der Waals surface area contributed by atoms with Crippen molar-refractivity contribution in [1.82, 2.24) is 0 Å². The number of carbonyl (C=O) groups excluding carboxylic acids is 1. The number of rotatable bonds is 2. The van der Waals surface area contributed by atoms with Gasteiger partial charge in [0.15, 0.2) is 5.78 Å². The quantitative estimate of drug-likeness (QED) is 0.539. The fourth-order valence-corrected chi connectivity index (χ4v) is 1.25. The van der Waals surface area contributed by atoms with E-state index in [1.165, 1.54) is 6.08 Å². The zero-order valence-corrected chi connectivity index (χ0v) is 8.09. The van der Waals surface area contributed by atoms with Crippen LogP contribution in [0, 0.1) is 0 Å². The van der Waals surface area contributed by atoms with E-state index in [1.807, 2.05) is 24.3 Å². The first-order chi connectivity index (χ1) is 7.36. The fourth-order valence-electron chi connectivity index (χ4n) is 1.25. The number of benzene rings is 1. The molecule has 2 heteroatoms. The van der Waals surface area contributed by atoms with E-state index in [-0.39, 0.29) is 5.78 Å². The van der Waals surface area contributed by atoms with Crippen molar-refractivity contribution in [1.29, 1.82) is 0 Å². The normalized spacial score (nSPS) is 16.4. The first-order valence-electron chi connectivity index (χ1n) is 4.67. The molecule has 0 radical (unpaired) electrons. The lowest BCUT2D eigenvalue weighted by atomic mass is 10.1. The molecule has 0 amide bonds. The SMILES string of the molecule is O=C(C=C1C=CC=CO1)c1ccccc1. The van der Waals surface area contributed by atoms with Crippen LogP contribution in [0.5, 0.6) is 0 Å². The number of hydrogen-bond acceptors (Lipinski definition) is 2. The second-order valence-electron chi connectivity index (χ2n) is 3.08. The number of ether oxygens (including phenoxy) is 1. The van der Waals surface area contributed by atoms with Crippen molar-refractivity contribution in [3.8, 4) is 0 Å². The van der Waals surface area contributed by atoms with Crippen molar-refractivity contribution < 1.29 is 9.53 Å². The van der Waals surface area contributed by atoms with Crippen LogP contribution in [0.2, 0.25) is 0 Å². The summed E-state index contributed by atoms with van der Waals surface area (Å²) >= 11 is 0. The van der Waals surface area contributed by atoms with Gasteiger partial charge in [0, 0.05) is 11.6 Å². The molecule has 0 saturated heterocycles. The van der Waals surface area contributed by atoms with Gasteiger partial charge in [0.05, 0.1) is 6.26 Å². The van der Waals surface area contributed by atoms with Crippen LogP contribution in [0.3, 0.4) is 0 Å². The first-order valence-corrected chi connectivity index (χ1v) is 4.67. The Bertz CT molecular complexity index is 439. The summed E-state index contributed by atoms with van der Waals surface area (Å²) < 4.78 is 5.14. The topological polar surface area (TPSA) is 26.3 Å². The van der Waals surface area contributed by atoms with Gasteiger partial charge in [-0.3, -0.25) is 4.79 Å². The zero-order chi connectivity index (χ0) is 10.5. The molecule has 1 heterocycles. The van der Waals surface area contributed by atoms with Crippen molar-refractivity contribution >= 4 is 5.78 Å². The van der Waals surface area contributed by atoms with Gasteiger partial charge >= 0.3 is 0 Å². The molecule has 74 valence electrons. The predicted molar refractivity (Wildman–Crippen MR) is 58.2 cm³/mol. The highest BCUT2D eigenvalue weighted by Gasteiger charge is 2.03. The maximum absolute atomic E-state index is 11.7. The van der Waals surface area contributed by atoms with Crippen LogP contribution in [0.15, 0.2) is 66.7 Å². The summed E-state index contributed by atoms with van der Waals surface area (Å²) in [5.74, 6) is 0.511. The monoisotopic (exact) mass is 198 g/mol. The Morgan fingerprint density at radius 1 is 1.13 bits per heavy atom. The lowest BCUT2D eigenvalue weighted by molar-refractivity contribution is 0.104. The Morgan fingerprint density at radius 2 is 1.93 bits per heavy atom.